The molecule has 1 aromatic carbocycles. The molecule has 1 unspecified atom stereocenters. The number of Topliss-reactive ketones (excluding diaryl/α,β-unsaturated/α-hetero) is 1. The summed E-state index contributed by atoms with van der Waals surface area (Å²) in [7, 11) is 0. The van der Waals surface area contributed by atoms with Gasteiger partial charge in [0.05, 0.1) is 5.56 Å². The molecule has 0 N–H and O–H groups in total. The molecule has 0 spiro atoms. The Labute approximate surface area is 74.4 Å². The number of benzene rings is 1. The lowest BCUT2D eigenvalue weighted by Crippen LogP contribution is -1.98. The molecule has 3 heteroatoms. The third kappa shape index (κ3) is 1.07. The predicted octanol–water partition coefficient (Wildman–Crippen LogP) is 2.65. The van der Waals surface area contributed by atoms with Gasteiger partial charge in [0, 0.05) is 6.42 Å². The Hall–Kier alpha value is -1.25. The standard InChI is InChI=1S/C10H8F2O/c1-5-4-8(13)9-6(5)2-3-7(11)10(9)12/h2-3,5H,4H2,1H3. The molecule has 0 aliphatic heterocycles. The molecule has 1 aliphatic rings. The lowest BCUT2D eigenvalue weighted by Gasteiger charge is -2.02. The largest absolute Gasteiger partial charge is 0.294 e. The van der Waals surface area contributed by atoms with E-state index in [9.17, 15) is 13.6 Å². The molecule has 13 heavy (non-hydrogen) atoms. The van der Waals surface area contributed by atoms with Crippen LogP contribution in [0.3, 0.4) is 0 Å². The second-order valence-corrected chi connectivity index (χ2v) is 3.35. The maximum atomic E-state index is 13.1. The maximum absolute atomic E-state index is 13.1. The number of carbonyl (C=O) groups excluding carboxylic acids is 1. The summed E-state index contributed by atoms with van der Waals surface area (Å²) < 4.78 is 25.9. The minimum Gasteiger partial charge on any atom is -0.294 e. The normalized spacial score (nSPS) is 20.5. The lowest BCUT2D eigenvalue weighted by atomic mass is 10.0. The van der Waals surface area contributed by atoms with Crippen LogP contribution in [0.25, 0.3) is 0 Å². The third-order valence-electron chi connectivity index (χ3n) is 2.43. The fourth-order valence-corrected chi connectivity index (χ4v) is 1.75. The molecule has 1 atom stereocenters. The van der Waals surface area contributed by atoms with Crippen molar-refractivity contribution in [2.75, 3.05) is 0 Å². The smallest absolute Gasteiger partial charge is 0.169 e. The van der Waals surface area contributed by atoms with Crippen molar-refractivity contribution in [2.24, 2.45) is 0 Å². The molecule has 0 radical (unpaired) electrons. The van der Waals surface area contributed by atoms with Gasteiger partial charge >= 0.3 is 0 Å². The highest BCUT2D eigenvalue weighted by molar-refractivity contribution is 6.01. The number of hydrogen-bond acceptors (Lipinski definition) is 1. The van der Waals surface area contributed by atoms with E-state index in [0.717, 1.165) is 6.07 Å². The molecule has 0 saturated heterocycles. The van der Waals surface area contributed by atoms with Gasteiger partial charge in [-0.3, -0.25) is 4.79 Å². The highest BCUT2D eigenvalue weighted by atomic mass is 19.2. The summed E-state index contributed by atoms with van der Waals surface area (Å²) in [5, 5.41) is 0. The van der Waals surface area contributed by atoms with Crippen LogP contribution in [0.5, 0.6) is 0 Å². The van der Waals surface area contributed by atoms with Crippen molar-refractivity contribution >= 4 is 5.78 Å². The molecular weight excluding hydrogens is 174 g/mol. The van der Waals surface area contributed by atoms with E-state index in [-0.39, 0.29) is 23.7 Å². The van der Waals surface area contributed by atoms with Crippen molar-refractivity contribution in [3.8, 4) is 0 Å². The zero-order chi connectivity index (χ0) is 9.59. The van der Waals surface area contributed by atoms with Crippen LogP contribution in [0.4, 0.5) is 8.78 Å². The van der Waals surface area contributed by atoms with Gasteiger partial charge in [0.15, 0.2) is 17.4 Å². The third-order valence-corrected chi connectivity index (χ3v) is 2.43. The van der Waals surface area contributed by atoms with Gasteiger partial charge in [-0.05, 0) is 17.5 Å². The second-order valence-electron chi connectivity index (χ2n) is 3.35. The van der Waals surface area contributed by atoms with Crippen molar-refractivity contribution < 1.29 is 13.6 Å². The number of hydrogen-bond donors (Lipinski definition) is 0. The fourth-order valence-electron chi connectivity index (χ4n) is 1.75. The van der Waals surface area contributed by atoms with Crippen LogP contribution in [-0.2, 0) is 0 Å². The first kappa shape index (κ1) is 8.35. The number of carbonyl (C=O) groups is 1. The van der Waals surface area contributed by atoms with E-state index >= 15 is 0 Å². The van der Waals surface area contributed by atoms with Gasteiger partial charge in [-0.2, -0.15) is 0 Å². The summed E-state index contributed by atoms with van der Waals surface area (Å²) >= 11 is 0. The van der Waals surface area contributed by atoms with E-state index in [1.807, 2.05) is 6.92 Å². The van der Waals surface area contributed by atoms with Gasteiger partial charge in [0.25, 0.3) is 0 Å². The van der Waals surface area contributed by atoms with Crippen LogP contribution < -0.4 is 0 Å². The number of fused-ring (bicyclic) bond motifs is 1. The van der Waals surface area contributed by atoms with E-state index in [2.05, 4.69) is 0 Å². The van der Waals surface area contributed by atoms with Crippen molar-refractivity contribution in [3.63, 3.8) is 0 Å². The lowest BCUT2D eigenvalue weighted by molar-refractivity contribution is 0.0986. The molecule has 2 rings (SSSR count). The van der Waals surface area contributed by atoms with Crippen LogP contribution in [0.2, 0.25) is 0 Å². The van der Waals surface area contributed by atoms with Crippen LogP contribution in [0.15, 0.2) is 12.1 Å². The zero-order valence-electron chi connectivity index (χ0n) is 7.10. The van der Waals surface area contributed by atoms with Crippen LogP contribution in [0.1, 0.15) is 35.2 Å². The fraction of sp³-hybridized carbons (Fsp3) is 0.300. The molecule has 0 aromatic heterocycles. The van der Waals surface area contributed by atoms with Crippen molar-refractivity contribution in [2.45, 2.75) is 19.3 Å². The first-order valence-electron chi connectivity index (χ1n) is 4.12. The van der Waals surface area contributed by atoms with E-state index in [4.69, 9.17) is 0 Å². The molecule has 0 saturated carbocycles. The summed E-state index contributed by atoms with van der Waals surface area (Å²) in [6, 6.07) is 2.56. The van der Waals surface area contributed by atoms with Crippen molar-refractivity contribution in [3.05, 3.63) is 34.9 Å². The Kier molecular flexibility index (Phi) is 1.68. The maximum Gasteiger partial charge on any atom is 0.169 e. The molecule has 0 heterocycles. The molecule has 0 fully saturated rings. The minimum atomic E-state index is -0.994. The van der Waals surface area contributed by atoms with Gasteiger partial charge in [-0.1, -0.05) is 13.0 Å². The van der Waals surface area contributed by atoms with E-state index in [1.165, 1.54) is 6.07 Å². The number of ketones is 1. The highest BCUT2D eigenvalue weighted by Gasteiger charge is 2.30. The molecule has 1 aliphatic carbocycles. The monoisotopic (exact) mass is 182 g/mol. The summed E-state index contributed by atoms with van der Waals surface area (Å²) in [6.45, 7) is 1.83. The summed E-state index contributed by atoms with van der Waals surface area (Å²) in [6.07, 6.45) is 0.287. The topological polar surface area (TPSA) is 17.1 Å². The van der Waals surface area contributed by atoms with Crippen LogP contribution >= 0.6 is 0 Å². The number of rotatable bonds is 0. The van der Waals surface area contributed by atoms with Gasteiger partial charge < -0.3 is 0 Å². The van der Waals surface area contributed by atoms with Gasteiger partial charge in [-0.25, -0.2) is 8.78 Å². The van der Waals surface area contributed by atoms with Gasteiger partial charge in [-0.15, -0.1) is 0 Å². The highest BCUT2D eigenvalue weighted by Crippen LogP contribution is 2.34. The van der Waals surface area contributed by atoms with Gasteiger partial charge in [0.2, 0.25) is 0 Å². The van der Waals surface area contributed by atoms with Crippen molar-refractivity contribution in [1.29, 1.82) is 0 Å². The average molecular weight is 182 g/mol. The van der Waals surface area contributed by atoms with E-state index in [0.29, 0.717) is 5.56 Å². The summed E-state index contributed by atoms with van der Waals surface area (Å²) in [4.78, 5) is 11.2. The number of halogens is 2. The Bertz CT molecular complexity index is 385. The molecule has 1 nitrogen and oxygen atoms in total. The van der Waals surface area contributed by atoms with Crippen LogP contribution in [-0.4, -0.2) is 5.78 Å². The Morgan fingerprint density at radius 2 is 2.08 bits per heavy atom. The summed E-state index contributed by atoms with van der Waals surface area (Å²) in [5.74, 6) is -2.22. The minimum absolute atomic E-state index is 0.0117. The first-order valence-corrected chi connectivity index (χ1v) is 4.12. The molecule has 0 amide bonds. The van der Waals surface area contributed by atoms with E-state index < -0.39 is 11.6 Å². The summed E-state index contributed by atoms with van der Waals surface area (Å²) in [5.41, 5.74) is 0.580. The SMILES string of the molecule is CC1CC(=O)c2c1ccc(F)c2F. The zero-order valence-corrected chi connectivity index (χ0v) is 7.10. The Morgan fingerprint density at radius 3 is 2.77 bits per heavy atom. The van der Waals surface area contributed by atoms with E-state index in [1.54, 1.807) is 0 Å². The second kappa shape index (κ2) is 2.62. The molecule has 68 valence electrons. The van der Waals surface area contributed by atoms with Crippen molar-refractivity contribution in [1.82, 2.24) is 0 Å². The van der Waals surface area contributed by atoms with Crippen LogP contribution in [0, 0.1) is 11.6 Å². The molecule has 1 aromatic rings. The Morgan fingerprint density at radius 1 is 1.38 bits per heavy atom. The molecular formula is C10H8F2O. The Balaban J connectivity index is 2.71. The van der Waals surface area contributed by atoms with Gasteiger partial charge in [0.1, 0.15) is 0 Å². The first-order chi connectivity index (χ1) is 6.11. The quantitative estimate of drug-likeness (QED) is 0.602. The predicted molar refractivity (Wildman–Crippen MR) is 43.7 cm³/mol. The molecule has 0 bridgehead atoms. The average Bonchev–Trinajstić information content (AvgIpc) is 2.35.